The van der Waals surface area contributed by atoms with Crippen LogP contribution in [0.4, 0.5) is 11.4 Å². The zero-order valence-electron chi connectivity index (χ0n) is 16.5. The van der Waals surface area contributed by atoms with Crippen LogP contribution in [0.15, 0.2) is 18.2 Å². The largest absolute Gasteiger partial charge is 0.366 e. The van der Waals surface area contributed by atoms with Crippen LogP contribution in [0, 0.1) is 10.1 Å². The number of fused-ring (bicyclic) bond motifs is 1. The molecule has 29 heavy (non-hydrogen) atoms. The summed E-state index contributed by atoms with van der Waals surface area (Å²) in [5.41, 5.74) is 0.859. The van der Waals surface area contributed by atoms with E-state index in [2.05, 4.69) is 20.1 Å². The highest BCUT2D eigenvalue weighted by Gasteiger charge is 2.23. The van der Waals surface area contributed by atoms with Gasteiger partial charge in [0.25, 0.3) is 11.6 Å². The zero-order chi connectivity index (χ0) is 20.2. The first-order chi connectivity index (χ1) is 14.1. The van der Waals surface area contributed by atoms with Crippen LogP contribution in [0.5, 0.6) is 0 Å². The number of aromatic nitrogens is 3. The smallest absolute Gasteiger partial charge is 0.293 e. The number of piperidine rings is 1. The topological polar surface area (TPSA) is 106 Å². The summed E-state index contributed by atoms with van der Waals surface area (Å²) in [5.74, 6) is 1.35. The molecule has 1 amide bonds. The summed E-state index contributed by atoms with van der Waals surface area (Å²) >= 11 is 0. The van der Waals surface area contributed by atoms with E-state index in [1.807, 2.05) is 4.90 Å². The molecule has 3 heterocycles. The number of hydrogen-bond acceptors (Lipinski definition) is 6. The Morgan fingerprint density at radius 2 is 1.83 bits per heavy atom. The van der Waals surface area contributed by atoms with Crippen molar-refractivity contribution >= 4 is 17.3 Å². The molecule has 1 saturated heterocycles. The molecule has 9 nitrogen and oxygen atoms in total. The maximum Gasteiger partial charge on any atom is 0.293 e. The molecule has 2 aromatic rings. The highest BCUT2D eigenvalue weighted by atomic mass is 16.6. The molecule has 9 heteroatoms. The monoisotopic (exact) mass is 398 g/mol. The van der Waals surface area contributed by atoms with Crippen LogP contribution in [0.25, 0.3) is 0 Å². The van der Waals surface area contributed by atoms with E-state index in [1.165, 1.54) is 12.5 Å². The number of carbonyl (C=O) groups excluding carboxylic acids is 1. The maximum atomic E-state index is 12.6. The molecule has 0 saturated carbocycles. The first-order valence-corrected chi connectivity index (χ1v) is 10.4. The molecule has 2 aliphatic heterocycles. The van der Waals surface area contributed by atoms with E-state index >= 15 is 0 Å². The van der Waals surface area contributed by atoms with Gasteiger partial charge in [-0.3, -0.25) is 14.9 Å². The van der Waals surface area contributed by atoms with Gasteiger partial charge in [0.05, 0.1) is 11.5 Å². The van der Waals surface area contributed by atoms with Gasteiger partial charge in [-0.05, 0) is 44.2 Å². The van der Waals surface area contributed by atoms with Crippen molar-refractivity contribution in [2.75, 3.05) is 18.0 Å². The van der Waals surface area contributed by atoms with Crippen LogP contribution in [-0.4, -0.2) is 38.7 Å². The highest BCUT2D eigenvalue weighted by molar-refractivity contribution is 5.95. The summed E-state index contributed by atoms with van der Waals surface area (Å²) in [6.07, 6.45) is 7.47. The number of nitro groups is 1. The van der Waals surface area contributed by atoms with Gasteiger partial charge in [0.15, 0.2) is 5.82 Å². The number of anilines is 1. The molecule has 2 aliphatic rings. The molecule has 0 spiro atoms. The highest BCUT2D eigenvalue weighted by Crippen LogP contribution is 2.31. The first kappa shape index (κ1) is 19.4. The SMILES string of the molecule is O=C(NCc1nnc2n1CCCCC2)c1ccc(N2CCCCC2)c([N+](=O)[O-])c1. The Bertz CT molecular complexity index is 904. The average Bonchev–Trinajstić information content (AvgIpc) is 2.98. The number of amides is 1. The summed E-state index contributed by atoms with van der Waals surface area (Å²) in [6, 6.07) is 4.74. The molecule has 1 aromatic heterocycles. The van der Waals surface area contributed by atoms with Crippen molar-refractivity contribution in [1.29, 1.82) is 0 Å². The summed E-state index contributed by atoms with van der Waals surface area (Å²) in [7, 11) is 0. The van der Waals surface area contributed by atoms with E-state index in [-0.39, 0.29) is 23.7 Å². The molecule has 154 valence electrons. The number of benzene rings is 1. The molecular formula is C20H26N6O3. The van der Waals surface area contributed by atoms with E-state index in [0.717, 1.165) is 69.8 Å². The minimum absolute atomic E-state index is 0.0177. The van der Waals surface area contributed by atoms with Gasteiger partial charge in [-0.2, -0.15) is 0 Å². The predicted molar refractivity (Wildman–Crippen MR) is 108 cm³/mol. The van der Waals surface area contributed by atoms with Crippen LogP contribution in [-0.2, 0) is 19.5 Å². The Kier molecular flexibility index (Phi) is 5.73. The molecule has 1 N–H and O–H groups in total. The molecule has 0 aliphatic carbocycles. The van der Waals surface area contributed by atoms with E-state index in [9.17, 15) is 14.9 Å². The fourth-order valence-electron chi connectivity index (χ4n) is 4.15. The van der Waals surface area contributed by atoms with Gasteiger partial charge in [0.2, 0.25) is 0 Å². The normalized spacial score (nSPS) is 16.8. The van der Waals surface area contributed by atoms with E-state index in [4.69, 9.17) is 0 Å². The lowest BCUT2D eigenvalue weighted by molar-refractivity contribution is -0.384. The van der Waals surface area contributed by atoms with E-state index in [1.54, 1.807) is 12.1 Å². The van der Waals surface area contributed by atoms with Crippen molar-refractivity contribution in [3.05, 3.63) is 45.5 Å². The van der Waals surface area contributed by atoms with Crippen LogP contribution in [0.3, 0.4) is 0 Å². The third-order valence-corrected chi connectivity index (χ3v) is 5.72. The molecule has 1 fully saturated rings. The van der Waals surface area contributed by atoms with Crippen molar-refractivity contribution in [3.63, 3.8) is 0 Å². The number of hydrogen-bond donors (Lipinski definition) is 1. The number of nitrogens with one attached hydrogen (secondary N) is 1. The molecule has 4 rings (SSSR count). The number of aryl methyl sites for hydroxylation is 1. The lowest BCUT2D eigenvalue weighted by Gasteiger charge is -2.28. The third-order valence-electron chi connectivity index (χ3n) is 5.72. The van der Waals surface area contributed by atoms with E-state index in [0.29, 0.717) is 5.69 Å². The second-order valence-corrected chi connectivity index (χ2v) is 7.69. The van der Waals surface area contributed by atoms with Gasteiger partial charge in [0.1, 0.15) is 11.5 Å². The minimum atomic E-state index is -0.404. The Balaban J connectivity index is 1.48. The summed E-state index contributed by atoms with van der Waals surface area (Å²) < 4.78 is 2.08. The maximum absolute atomic E-state index is 12.6. The number of carbonyl (C=O) groups is 1. The van der Waals surface area contributed by atoms with Gasteiger partial charge in [-0.15, -0.1) is 10.2 Å². The fourth-order valence-corrected chi connectivity index (χ4v) is 4.15. The summed E-state index contributed by atoms with van der Waals surface area (Å²) in [4.78, 5) is 25.9. The van der Waals surface area contributed by atoms with Gasteiger partial charge in [0, 0.05) is 37.7 Å². The molecule has 0 bridgehead atoms. The Hall–Kier alpha value is -2.97. The van der Waals surface area contributed by atoms with Crippen LogP contribution >= 0.6 is 0 Å². The van der Waals surface area contributed by atoms with E-state index < -0.39 is 4.92 Å². The van der Waals surface area contributed by atoms with Crippen molar-refractivity contribution in [3.8, 4) is 0 Å². The van der Waals surface area contributed by atoms with Crippen LogP contribution in [0.2, 0.25) is 0 Å². The molecule has 0 radical (unpaired) electrons. The van der Waals surface area contributed by atoms with Crippen molar-refractivity contribution in [1.82, 2.24) is 20.1 Å². The standard InChI is InChI=1S/C20H26N6O3/c27-20(21-14-19-23-22-18-7-3-1-6-12-25(18)19)15-8-9-16(17(13-15)26(28)29)24-10-4-2-5-11-24/h8-9,13H,1-7,10-12,14H2,(H,21,27). The number of nitrogens with zero attached hydrogens (tertiary/aromatic N) is 5. The zero-order valence-corrected chi connectivity index (χ0v) is 16.5. The van der Waals surface area contributed by atoms with Gasteiger partial charge in [-0.25, -0.2) is 0 Å². The van der Waals surface area contributed by atoms with Gasteiger partial charge < -0.3 is 14.8 Å². The Labute approximate surface area is 169 Å². The third kappa shape index (κ3) is 4.23. The van der Waals surface area contributed by atoms with Gasteiger partial charge >= 0.3 is 0 Å². The van der Waals surface area contributed by atoms with Crippen molar-refractivity contribution in [2.45, 2.75) is 58.0 Å². The second kappa shape index (κ2) is 8.59. The van der Waals surface area contributed by atoms with Crippen molar-refractivity contribution < 1.29 is 9.72 Å². The fraction of sp³-hybridized carbons (Fsp3) is 0.550. The molecule has 1 aromatic carbocycles. The average molecular weight is 398 g/mol. The molecule has 0 unspecified atom stereocenters. The lowest BCUT2D eigenvalue weighted by Crippen LogP contribution is -2.30. The summed E-state index contributed by atoms with van der Waals surface area (Å²) in [6.45, 7) is 2.74. The second-order valence-electron chi connectivity index (χ2n) is 7.69. The van der Waals surface area contributed by atoms with Crippen LogP contribution < -0.4 is 10.2 Å². The quantitative estimate of drug-likeness (QED) is 0.613. The van der Waals surface area contributed by atoms with Crippen LogP contribution in [0.1, 0.15) is 60.5 Å². The number of rotatable bonds is 5. The first-order valence-electron chi connectivity index (χ1n) is 10.4. The predicted octanol–water partition coefficient (Wildman–Crippen LogP) is 2.83. The lowest BCUT2D eigenvalue weighted by atomic mass is 10.1. The Morgan fingerprint density at radius 3 is 2.62 bits per heavy atom. The van der Waals surface area contributed by atoms with Gasteiger partial charge in [-0.1, -0.05) is 6.42 Å². The molecular weight excluding hydrogens is 372 g/mol. The number of nitro benzene ring substituents is 1. The minimum Gasteiger partial charge on any atom is -0.366 e. The Morgan fingerprint density at radius 1 is 1.07 bits per heavy atom. The molecule has 0 atom stereocenters. The van der Waals surface area contributed by atoms with Crippen molar-refractivity contribution in [2.24, 2.45) is 0 Å². The summed E-state index contributed by atoms with van der Waals surface area (Å²) in [5, 5.41) is 22.9.